The van der Waals surface area contributed by atoms with Crippen LogP contribution in [-0.2, 0) is 4.79 Å². The summed E-state index contributed by atoms with van der Waals surface area (Å²) < 4.78 is 0. The Morgan fingerprint density at radius 3 is 2.50 bits per heavy atom. The van der Waals surface area contributed by atoms with Crippen molar-refractivity contribution >= 4 is 17.5 Å². The maximum absolute atomic E-state index is 11.9. The highest BCUT2D eigenvalue weighted by Gasteiger charge is 2.08. The summed E-state index contributed by atoms with van der Waals surface area (Å²) in [6.45, 7) is 0.933. The van der Waals surface area contributed by atoms with Crippen LogP contribution >= 0.6 is 0 Å². The van der Waals surface area contributed by atoms with E-state index in [1.165, 1.54) is 36.2 Å². The van der Waals surface area contributed by atoms with E-state index in [4.69, 9.17) is 0 Å². The zero-order chi connectivity index (χ0) is 17.4. The Bertz CT molecular complexity index is 591. The van der Waals surface area contributed by atoms with Gasteiger partial charge in [-0.2, -0.15) is 0 Å². The number of hydrogen-bond donors (Lipinski definition) is 2. The second-order valence-electron chi connectivity index (χ2n) is 6.34. The van der Waals surface area contributed by atoms with Crippen LogP contribution in [0.25, 0.3) is 0 Å². The number of carbonyl (C=O) groups excluding carboxylic acids is 2. The van der Waals surface area contributed by atoms with Crippen LogP contribution in [0.15, 0.2) is 35.9 Å². The van der Waals surface area contributed by atoms with E-state index in [-0.39, 0.29) is 18.4 Å². The van der Waals surface area contributed by atoms with Crippen molar-refractivity contribution in [1.82, 2.24) is 10.2 Å². The van der Waals surface area contributed by atoms with Crippen LogP contribution in [0.4, 0.5) is 5.69 Å². The average Bonchev–Trinajstić information content (AvgIpc) is 2.60. The largest absolute Gasteiger partial charge is 0.376 e. The van der Waals surface area contributed by atoms with Gasteiger partial charge in [-0.3, -0.25) is 9.59 Å². The first kappa shape index (κ1) is 18.0. The first-order valence-corrected chi connectivity index (χ1v) is 8.56. The molecule has 0 aliphatic heterocycles. The van der Waals surface area contributed by atoms with Crippen LogP contribution in [0, 0.1) is 0 Å². The molecule has 1 aromatic carbocycles. The van der Waals surface area contributed by atoms with Gasteiger partial charge in [0.2, 0.25) is 5.91 Å². The van der Waals surface area contributed by atoms with Crippen LogP contribution < -0.4 is 10.6 Å². The maximum atomic E-state index is 11.9. The highest BCUT2D eigenvalue weighted by Crippen LogP contribution is 2.19. The number of allylic oxidation sites excluding steroid dienone is 1. The summed E-state index contributed by atoms with van der Waals surface area (Å²) in [7, 11) is 3.45. The van der Waals surface area contributed by atoms with Crippen LogP contribution in [-0.4, -0.2) is 43.9 Å². The summed E-state index contributed by atoms with van der Waals surface area (Å²) >= 11 is 0. The maximum Gasteiger partial charge on any atom is 0.253 e. The zero-order valence-electron chi connectivity index (χ0n) is 14.6. The van der Waals surface area contributed by atoms with Crippen molar-refractivity contribution in [3.63, 3.8) is 0 Å². The molecule has 0 aromatic heterocycles. The molecule has 1 aliphatic carbocycles. The number of anilines is 1. The fourth-order valence-corrected chi connectivity index (χ4v) is 2.73. The molecule has 0 atom stereocenters. The lowest BCUT2D eigenvalue weighted by atomic mass is 9.97. The molecule has 0 saturated heterocycles. The van der Waals surface area contributed by atoms with Gasteiger partial charge < -0.3 is 15.5 Å². The summed E-state index contributed by atoms with van der Waals surface area (Å²) in [6, 6.07) is 7.16. The van der Waals surface area contributed by atoms with E-state index in [0.717, 1.165) is 12.1 Å². The van der Waals surface area contributed by atoms with Crippen LogP contribution in [0.5, 0.6) is 0 Å². The normalized spacial score (nSPS) is 13.8. The molecule has 5 nitrogen and oxygen atoms in total. The number of nitrogens with zero attached hydrogens (tertiary/aromatic N) is 1. The molecule has 2 N–H and O–H groups in total. The molecule has 0 saturated carbocycles. The molecule has 2 rings (SSSR count). The molecular formula is C19H27N3O2. The van der Waals surface area contributed by atoms with Crippen molar-refractivity contribution in [3.05, 3.63) is 41.5 Å². The monoisotopic (exact) mass is 329 g/mol. The zero-order valence-corrected chi connectivity index (χ0v) is 14.6. The van der Waals surface area contributed by atoms with Crippen molar-refractivity contribution in [2.75, 3.05) is 32.5 Å². The third kappa shape index (κ3) is 5.72. The Kier molecular flexibility index (Phi) is 6.85. The third-order valence-corrected chi connectivity index (χ3v) is 4.14. The topological polar surface area (TPSA) is 61.4 Å². The molecule has 130 valence electrons. The Morgan fingerprint density at radius 2 is 1.88 bits per heavy atom. The molecule has 1 aromatic rings. The van der Waals surface area contributed by atoms with Crippen molar-refractivity contribution in [2.45, 2.75) is 32.1 Å². The number of benzene rings is 1. The summed E-state index contributed by atoms with van der Waals surface area (Å²) in [6.07, 6.45) is 8.17. The van der Waals surface area contributed by atoms with Gasteiger partial charge in [0.05, 0.1) is 6.54 Å². The Morgan fingerprint density at radius 1 is 1.12 bits per heavy atom. The first-order chi connectivity index (χ1) is 11.6. The van der Waals surface area contributed by atoms with Crippen LogP contribution in [0.3, 0.4) is 0 Å². The first-order valence-electron chi connectivity index (χ1n) is 8.56. The van der Waals surface area contributed by atoms with Gasteiger partial charge in [0.15, 0.2) is 0 Å². The van der Waals surface area contributed by atoms with Crippen molar-refractivity contribution < 1.29 is 9.59 Å². The number of hydrogen-bond acceptors (Lipinski definition) is 3. The van der Waals surface area contributed by atoms with Crippen molar-refractivity contribution in [1.29, 1.82) is 0 Å². The van der Waals surface area contributed by atoms with Gasteiger partial charge in [0.1, 0.15) is 0 Å². The Labute approximate surface area is 144 Å². The molecule has 24 heavy (non-hydrogen) atoms. The number of nitrogens with one attached hydrogen (secondary N) is 2. The van der Waals surface area contributed by atoms with E-state index in [1.54, 1.807) is 26.2 Å². The third-order valence-electron chi connectivity index (χ3n) is 4.14. The van der Waals surface area contributed by atoms with Gasteiger partial charge in [0.25, 0.3) is 5.91 Å². The molecule has 2 amide bonds. The minimum Gasteiger partial charge on any atom is -0.376 e. The summed E-state index contributed by atoms with van der Waals surface area (Å²) in [5.41, 5.74) is 2.93. The SMILES string of the molecule is CN(C)C(=O)c1ccc(NCC(=O)NCCC2=CCCCC2)cc1. The van der Waals surface area contributed by atoms with Crippen LogP contribution in [0.2, 0.25) is 0 Å². The smallest absolute Gasteiger partial charge is 0.253 e. The second-order valence-corrected chi connectivity index (χ2v) is 6.34. The summed E-state index contributed by atoms with van der Waals surface area (Å²) in [5, 5.41) is 6.02. The molecular weight excluding hydrogens is 302 g/mol. The van der Waals surface area contributed by atoms with Crippen molar-refractivity contribution in [2.24, 2.45) is 0 Å². The summed E-state index contributed by atoms with van der Waals surface area (Å²) in [5.74, 6) is -0.0452. The lowest BCUT2D eigenvalue weighted by Gasteiger charge is -2.13. The van der Waals surface area contributed by atoms with E-state index in [2.05, 4.69) is 16.7 Å². The Balaban J connectivity index is 1.69. The van der Waals surface area contributed by atoms with Gasteiger partial charge in [0, 0.05) is 31.9 Å². The van der Waals surface area contributed by atoms with E-state index in [1.807, 2.05) is 12.1 Å². The van der Waals surface area contributed by atoms with Gasteiger partial charge in [-0.15, -0.1) is 0 Å². The predicted octanol–water partition coefficient (Wildman–Crippen LogP) is 2.81. The second kappa shape index (κ2) is 9.11. The number of carbonyl (C=O) groups is 2. The van der Waals surface area contributed by atoms with Gasteiger partial charge in [-0.05, 0) is 56.4 Å². The lowest BCUT2D eigenvalue weighted by molar-refractivity contribution is -0.119. The van der Waals surface area contributed by atoms with E-state index >= 15 is 0 Å². The molecule has 1 aliphatic rings. The highest BCUT2D eigenvalue weighted by atomic mass is 16.2. The summed E-state index contributed by atoms with van der Waals surface area (Å²) in [4.78, 5) is 25.2. The standard InChI is InChI=1S/C19H27N3O2/c1-22(2)19(24)16-8-10-17(11-9-16)21-14-18(23)20-13-12-15-6-4-3-5-7-15/h6,8-11,21H,3-5,7,12-14H2,1-2H3,(H,20,23). The highest BCUT2D eigenvalue weighted by molar-refractivity contribution is 5.94. The fraction of sp³-hybridized carbons (Fsp3) is 0.474. The molecule has 0 radical (unpaired) electrons. The van der Waals surface area contributed by atoms with Gasteiger partial charge in [-0.25, -0.2) is 0 Å². The molecule has 0 bridgehead atoms. The molecule has 0 unspecified atom stereocenters. The fourth-order valence-electron chi connectivity index (χ4n) is 2.73. The quantitative estimate of drug-likeness (QED) is 0.756. The molecule has 0 fully saturated rings. The average molecular weight is 329 g/mol. The minimum atomic E-state index is -0.0312. The lowest BCUT2D eigenvalue weighted by Crippen LogP contribution is -2.30. The number of rotatable bonds is 7. The predicted molar refractivity (Wildman–Crippen MR) is 97.1 cm³/mol. The van der Waals surface area contributed by atoms with Crippen LogP contribution in [0.1, 0.15) is 42.5 Å². The van der Waals surface area contributed by atoms with E-state index in [9.17, 15) is 9.59 Å². The van der Waals surface area contributed by atoms with E-state index in [0.29, 0.717) is 12.1 Å². The van der Waals surface area contributed by atoms with Gasteiger partial charge in [-0.1, -0.05) is 11.6 Å². The Hall–Kier alpha value is -2.30. The van der Waals surface area contributed by atoms with Gasteiger partial charge >= 0.3 is 0 Å². The molecule has 5 heteroatoms. The van der Waals surface area contributed by atoms with Crippen molar-refractivity contribution in [3.8, 4) is 0 Å². The molecule has 0 spiro atoms. The minimum absolute atomic E-state index is 0.0140. The number of amides is 2. The van der Waals surface area contributed by atoms with E-state index < -0.39 is 0 Å². The molecule has 0 heterocycles.